The van der Waals surface area contributed by atoms with Crippen molar-refractivity contribution in [3.63, 3.8) is 0 Å². The SMILES string of the molecule is O=C(c1ccccc1)C(C(=O)c1cc(F)cc(F)c1)c1nc2ccccc2s1. The van der Waals surface area contributed by atoms with Gasteiger partial charge in [0.1, 0.15) is 22.6 Å². The highest BCUT2D eigenvalue weighted by Gasteiger charge is 2.33. The number of benzene rings is 3. The van der Waals surface area contributed by atoms with E-state index in [1.54, 1.807) is 36.4 Å². The van der Waals surface area contributed by atoms with Crippen LogP contribution in [0, 0.1) is 11.6 Å². The number of halogens is 2. The molecule has 3 nitrogen and oxygen atoms in total. The predicted molar refractivity (Wildman–Crippen MR) is 104 cm³/mol. The predicted octanol–water partition coefficient (Wildman–Crippen LogP) is 5.42. The molecule has 1 atom stereocenters. The number of Topliss-reactive ketones (excluding diaryl/α,β-unsaturated/α-hetero) is 2. The second-order valence-electron chi connectivity index (χ2n) is 6.21. The Morgan fingerprint density at radius 1 is 0.786 bits per heavy atom. The number of rotatable bonds is 5. The molecule has 28 heavy (non-hydrogen) atoms. The van der Waals surface area contributed by atoms with Crippen LogP contribution in [-0.4, -0.2) is 16.6 Å². The van der Waals surface area contributed by atoms with Gasteiger partial charge in [-0.15, -0.1) is 11.3 Å². The van der Waals surface area contributed by atoms with E-state index in [0.717, 1.165) is 16.8 Å². The maximum absolute atomic E-state index is 13.7. The van der Waals surface area contributed by atoms with Crippen molar-refractivity contribution in [2.75, 3.05) is 0 Å². The van der Waals surface area contributed by atoms with Gasteiger partial charge in [-0.05, 0) is 24.3 Å². The molecule has 0 bridgehead atoms. The molecular formula is C22H13F2NO2S. The van der Waals surface area contributed by atoms with Crippen LogP contribution in [0.3, 0.4) is 0 Å². The average molecular weight is 393 g/mol. The summed E-state index contributed by atoms with van der Waals surface area (Å²) >= 11 is 1.22. The molecule has 0 aliphatic rings. The zero-order chi connectivity index (χ0) is 19.7. The van der Waals surface area contributed by atoms with Crippen molar-refractivity contribution >= 4 is 33.1 Å². The van der Waals surface area contributed by atoms with Gasteiger partial charge < -0.3 is 0 Å². The molecule has 0 aliphatic carbocycles. The van der Waals surface area contributed by atoms with Crippen molar-refractivity contribution in [2.24, 2.45) is 0 Å². The fraction of sp³-hybridized carbons (Fsp3) is 0.0455. The third kappa shape index (κ3) is 3.46. The van der Waals surface area contributed by atoms with Gasteiger partial charge in [0.2, 0.25) is 0 Å². The highest BCUT2D eigenvalue weighted by molar-refractivity contribution is 7.18. The Morgan fingerprint density at radius 3 is 2.07 bits per heavy atom. The highest BCUT2D eigenvalue weighted by atomic mass is 32.1. The Balaban J connectivity index is 1.85. The van der Waals surface area contributed by atoms with Crippen molar-refractivity contribution in [3.8, 4) is 0 Å². The molecule has 1 unspecified atom stereocenters. The number of fused-ring (bicyclic) bond motifs is 1. The fourth-order valence-corrected chi connectivity index (χ4v) is 4.05. The first kappa shape index (κ1) is 18.1. The molecule has 0 fully saturated rings. The Bertz CT molecular complexity index is 1130. The van der Waals surface area contributed by atoms with Crippen LogP contribution in [0.1, 0.15) is 31.6 Å². The lowest BCUT2D eigenvalue weighted by Gasteiger charge is -2.13. The molecule has 0 saturated carbocycles. The van der Waals surface area contributed by atoms with Gasteiger partial charge in [-0.2, -0.15) is 0 Å². The Kier molecular flexibility index (Phi) is 4.79. The zero-order valence-corrected chi connectivity index (χ0v) is 15.2. The minimum atomic E-state index is -1.28. The summed E-state index contributed by atoms with van der Waals surface area (Å²) in [6.45, 7) is 0. The smallest absolute Gasteiger partial charge is 0.180 e. The maximum atomic E-state index is 13.7. The van der Waals surface area contributed by atoms with Gasteiger partial charge in [-0.3, -0.25) is 9.59 Å². The Hall–Kier alpha value is -3.25. The average Bonchev–Trinajstić information content (AvgIpc) is 3.11. The number of ketones is 2. The molecule has 0 amide bonds. The molecule has 138 valence electrons. The van der Waals surface area contributed by atoms with Crippen LogP contribution in [-0.2, 0) is 0 Å². The first-order chi connectivity index (χ1) is 13.5. The lowest BCUT2D eigenvalue weighted by Crippen LogP contribution is -2.22. The number of thiazole rings is 1. The standard InChI is InChI=1S/C22H13F2NO2S/c23-15-10-14(11-16(24)12-15)21(27)19(20(26)13-6-2-1-3-7-13)22-25-17-8-4-5-9-18(17)28-22/h1-12,19H. The number of nitrogens with zero attached hydrogens (tertiary/aromatic N) is 1. The minimum Gasteiger partial charge on any atom is -0.293 e. The summed E-state index contributed by atoms with van der Waals surface area (Å²) in [6.07, 6.45) is 0. The van der Waals surface area contributed by atoms with Gasteiger partial charge in [0, 0.05) is 17.2 Å². The van der Waals surface area contributed by atoms with Crippen molar-refractivity contribution in [1.82, 2.24) is 4.98 Å². The van der Waals surface area contributed by atoms with E-state index in [1.807, 2.05) is 18.2 Å². The number of aromatic nitrogens is 1. The molecule has 0 spiro atoms. The van der Waals surface area contributed by atoms with Crippen LogP contribution < -0.4 is 0 Å². The van der Waals surface area contributed by atoms with Gasteiger partial charge in [-0.1, -0.05) is 42.5 Å². The van der Waals surface area contributed by atoms with Crippen LogP contribution in [0.15, 0.2) is 72.8 Å². The quantitative estimate of drug-likeness (QED) is 0.336. The molecule has 0 saturated heterocycles. The first-order valence-corrected chi connectivity index (χ1v) is 9.29. The third-order valence-corrected chi connectivity index (χ3v) is 5.39. The van der Waals surface area contributed by atoms with Crippen molar-refractivity contribution < 1.29 is 18.4 Å². The molecule has 0 aliphatic heterocycles. The van der Waals surface area contributed by atoms with Crippen LogP contribution in [0.25, 0.3) is 10.2 Å². The van der Waals surface area contributed by atoms with E-state index in [4.69, 9.17) is 0 Å². The molecule has 6 heteroatoms. The van der Waals surface area contributed by atoms with Crippen LogP contribution >= 0.6 is 11.3 Å². The summed E-state index contributed by atoms with van der Waals surface area (Å²) in [4.78, 5) is 30.8. The topological polar surface area (TPSA) is 47.0 Å². The lowest BCUT2D eigenvalue weighted by atomic mass is 9.90. The minimum absolute atomic E-state index is 0.203. The van der Waals surface area contributed by atoms with Gasteiger partial charge in [-0.25, -0.2) is 13.8 Å². The van der Waals surface area contributed by atoms with Crippen molar-refractivity contribution in [3.05, 3.63) is 101 Å². The molecule has 1 heterocycles. The van der Waals surface area contributed by atoms with Crippen LogP contribution in [0.5, 0.6) is 0 Å². The number of carbonyl (C=O) groups excluding carboxylic acids is 2. The van der Waals surface area contributed by atoms with Crippen molar-refractivity contribution in [1.29, 1.82) is 0 Å². The van der Waals surface area contributed by atoms with Gasteiger partial charge in [0.15, 0.2) is 11.6 Å². The summed E-state index contributed by atoms with van der Waals surface area (Å²) in [5.41, 5.74) is 0.787. The first-order valence-electron chi connectivity index (χ1n) is 8.48. The molecule has 1 aromatic heterocycles. The lowest BCUT2D eigenvalue weighted by molar-refractivity contribution is 0.0859. The van der Waals surface area contributed by atoms with E-state index in [1.165, 1.54) is 11.3 Å². The monoisotopic (exact) mass is 393 g/mol. The van der Waals surface area contributed by atoms with Crippen LogP contribution in [0.4, 0.5) is 8.78 Å². The second-order valence-corrected chi connectivity index (χ2v) is 7.27. The van der Waals surface area contributed by atoms with E-state index in [-0.39, 0.29) is 5.56 Å². The van der Waals surface area contributed by atoms with Crippen molar-refractivity contribution in [2.45, 2.75) is 5.92 Å². The molecular weight excluding hydrogens is 380 g/mol. The highest BCUT2D eigenvalue weighted by Crippen LogP contribution is 2.32. The molecule has 0 radical (unpaired) electrons. The third-order valence-electron chi connectivity index (χ3n) is 4.29. The van der Waals surface area contributed by atoms with Gasteiger partial charge >= 0.3 is 0 Å². The second kappa shape index (κ2) is 7.40. The van der Waals surface area contributed by atoms with Gasteiger partial charge in [0.05, 0.1) is 10.2 Å². The molecule has 4 aromatic rings. The zero-order valence-electron chi connectivity index (χ0n) is 14.4. The number of hydrogen-bond acceptors (Lipinski definition) is 4. The maximum Gasteiger partial charge on any atom is 0.180 e. The van der Waals surface area contributed by atoms with E-state index in [2.05, 4.69) is 4.98 Å². The number of carbonyl (C=O) groups is 2. The van der Waals surface area contributed by atoms with Gasteiger partial charge in [0.25, 0.3) is 0 Å². The fourth-order valence-electron chi connectivity index (χ4n) is 2.99. The largest absolute Gasteiger partial charge is 0.293 e. The summed E-state index contributed by atoms with van der Waals surface area (Å²) in [6, 6.07) is 18.2. The number of para-hydroxylation sites is 1. The van der Waals surface area contributed by atoms with E-state index in [9.17, 15) is 18.4 Å². The Morgan fingerprint density at radius 2 is 1.39 bits per heavy atom. The summed E-state index contributed by atoms with van der Waals surface area (Å²) < 4.78 is 28.1. The normalized spacial score (nSPS) is 12.1. The van der Waals surface area contributed by atoms with E-state index >= 15 is 0 Å². The molecule has 4 rings (SSSR count). The Labute approximate surface area is 163 Å². The summed E-state index contributed by atoms with van der Waals surface area (Å²) in [5, 5.41) is 0.296. The van der Waals surface area contributed by atoms with E-state index in [0.29, 0.717) is 22.2 Å². The van der Waals surface area contributed by atoms with Crippen LogP contribution in [0.2, 0.25) is 0 Å². The summed E-state index contributed by atoms with van der Waals surface area (Å²) in [5.74, 6) is -4.18. The molecule has 0 N–H and O–H groups in total. The summed E-state index contributed by atoms with van der Waals surface area (Å²) in [7, 11) is 0. The van der Waals surface area contributed by atoms with E-state index < -0.39 is 29.1 Å². The molecule has 3 aromatic carbocycles. The number of hydrogen-bond donors (Lipinski definition) is 0.